The van der Waals surface area contributed by atoms with Gasteiger partial charge in [-0.1, -0.05) is 16.8 Å². The van der Waals surface area contributed by atoms with E-state index in [-0.39, 0.29) is 12.3 Å². The van der Waals surface area contributed by atoms with Crippen LogP contribution in [0.25, 0.3) is 5.69 Å². The molecule has 2 rings (SSSR count). The largest absolute Gasteiger partial charge is 0.461 e. The molecule has 116 valence electrons. The van der Waals surface area contributed by atoms with Gasteiger partial charge in [0.2, 0.25) is 5.69 Å². The van der Waals surface area contributed by atoms with E-state index < -0.39 is 5.97 Å². The maximum Gasteiger partial charge on any atom is 0.362 e. The zero-order chi connectivity index (χ0) is 16.1. The van der Waals surface area contributed by atoms with Gasteiger partial charge in [0.1, 0.15) is 0 Å². The van der Waals surface area contributed by atoms with Crippen molar-refractivity contribution in [1.82, 2.24) is 19.9 Å². The van der Waals surface area contributed by atoms with E-state index in [0.29, 0.717) is 16.5 Å². The van der Waals surface area contributed by atoms with Gasteiger partial charge < -0.3 is 9.64 Å². The molecule has 0 aliphatic heterocycles. The summed E-state index contributed by atoms with van der Waals surface area (Å²) in [6.07, 6.45) is 1.56. The summed E-state index contributed by atoms with van der Waals surface area (Å²) in [5, 5.41) is 8.48. The number of aliphatic imine (C=N–C) groups is 1. The van der Waals surface area contributed by atoms with Crippen molar-refractivity contribution >= 4 is 29.7 Å². The molecule has 1 heterocycles. The molecule has 7 nitrogen and oxygen atoms in total. The van der Waals surface area contributed by atoms with Crippen LogP contribution in [-0.4, -0.2) is 52.9 Å². The molecule has 0 radical (unpaired) electrons. The standard InChI is InChI=1S/C14H16ClN5O2/c1-4-22-14(21)12-13(16-9-19(2)3)20(18-17-12)11-7-5-10(15)6-8-11/h5-9H,4H2,1-3H3/b16-9+. The Balaban J connectivity index is 2.49. The predicted molar refractivity (Wildman–Crippen MR) is 84.2 cm³/mol. The van der Waals surface area contributed by atoms with E-state index >= 15 is 0 Å². The number of rotatable bonds is 5. The van der Waals surface area contributed by atoms with Crippen LogP contribution in [0.1, 0.15) is 17.4 Å². The van der Waals surface area contributed by atoms with E-state index in [9.17, 15) is 4.79 Å². The van der Waals surface area contributed by atoms with E-state index in [1.165, 1.54) is 4.68 Å². The van der Waals surface area contributed by atoms with Gasteiger partial charge in [0.15, 0.2) is 5.82 Å². The Morgan fingerprint density at radius 3 is 2.68 bits per heavy atom. The molecule has 1 aromatic heterocycles. The van der Waals surface area contributed by atoms with E-state index in [0.717, 1.165) is 0 Å². The van der Waals surface area contributed by atoms with Crippen molar-refractivity contribution in [1.29, 1.82) is 0 Å². The highest BCUT2D eigenvalue weighted by Crippen LogP contribution is 2.23. The maximum atomic E-state index is 12.0. The van der Waals surface area contributed by atoms with Crippen LogP contribution >= 0.6 is 11.6 Å². The molecule has 22 heavy (non-hydrogen) atoms. The van der Waals surface area contributed by atoms with Crippen LogP contribution in [0.4, 0.5) is 5.82 Å². The second-order valence-electron chi connectivity index (χ2n) is 4.58. The SMILES string of the molecule is CCOC(=O)c1nnn(-c2ccc(Cl)cc2)c1/N=C/N(C)C. The first kappa shape index (κ1) is 16.0. The highest BCUT2D eigenvalue weighted by atomic mass is 35.5. The van der Waals surface area contributed by atoms with Gasteiger partial charge in [0, 0.05) is 19.1 Å². The highest BCUT2D eigenvalue weighted by molar-refractivity contribution is 6.30. The second-order valence-corrected chi connectivity index (χ2v) is 5.01. The number of hydrogen-bond donors (Lipinski definition) is 0. The molecule has 0 N–H and O–H groups in total. The lowest BCUT2D eigenvalue weighted by Gasteiger charge is -2.06. The molecule has 0 aliphatic rings. The number of nitrogens with zero attached hydrogens (tertiary/aromatic N) is 5. The molecule has 0 bridgehead atoms. The zero-order valence-corrected chi connectivity index (χ0v) is 13.3. The molecule has 0 atom stereocenters. The van der Waals surface area contributed by atoms with Gasteiger partial charge >= 0.3 is 5.97 Å². The quantitative estimate of drug-likeness (QED) is 0.480. The van der Waals surface area contributed by atoms with Gasteiger partial charge in [-0.25, -0.2) is 9.79 Å². The fourth-order valence-electron chi connectivity index (χ4n) is 1.65. The highest BCUT2D eigenvalue weighted by Gasteiger charge is 2.21. The number of carbonyl (C=O) groups excluding carboxylic acids is 1. The molecule has 0 fully saturated rings. The van der Waals surface area contributed by atoms with Crippen molar-refractivity contribution in [3.8, 4) is 5.69 Å². The fourth-order valence-corrected chi connectivity index (χ4v) is 1.78. The average Bonchev–Trinajstić information content (AvgIpc) is 2.90. The number of aromatic nitrogens is 3. The Morgan fingerprint density at radius 2 is 2.09 bits per heavy atom. The minimum Gasteiger partial charge on any atom is -0.461 e. The van der Waals surface area contributed by atoms with Crippen LogP contribution in [0.5, 0.6) is 0 Å². The van der Waals surface area contributed by atoms with Crippen LogP contribution in [0.2, 0.25) is 5.02 Å². The maximum absolute atomic E-state index is 12.0. The third kappa shape index (κ3) is 3.62. The van der Waals surface area contributed by atoms with Crippen molar-refractivity contribution in [2.24, 2.45) is 4.99 Å². The monoisotopic (exact) mass is 321 g/mol. The zero-order valence-electron chi connectivity index (χ0n) is 12.5. The first-order valence-corrected chi connectivity index (χ1v) is 7.00. The van der Waals surface area contributed by atoms with Crippen molar-refractivity contribution in [2.75, 3.05) is 20.7 Å². The molecular weight excluding hydrogens is 306 g/mol. The van der Waals surface area contributed by atoms with Gasteiger partial charge in [0.05, 0.1) is 18.6 Å². The van der Waals surface area contributed by atoms with E-state index in [1.807, 2.05) is 14.1 Å². The molecule has 2 aromatic rings. The normalized spacial score (nSPS) is 10.9. The third-order valence-corrected chi connectivity index (χ3v) is 2.85. The number of esters is 1. The molecule has 0 aliphatic carbocycles. The van der Waals surface area contributed by atoms with Gasteiger partial charge in [0.25, 0.3) is 0 Å². The van der Waals surface area contributed by atoms with Crippen LogP contribution in [0, 0.1) is 0 Å². The number of benzene rings is 1. The Labute approximate surface area is 133 Å². The summed E-state index contributed by atoms with van der Waals surface area (Å²) in [6, 6.07) is 6.98. The lowest BCUT2D eigenvalue weighted by Crippen LogP contribution is -2.09. The van der Waals surface area contributed by atoms with E-state index in [2.05, 4.69) is 15.3 Å². The van der Waals surface area contributed by atoms with Crippen molar-refractivity contribution < 1.29 is 9.53 Å². The summed E-state index contributed by atoms with van der Waals surface area (Å²) in [7, 11) is 3.65. The Hall–Kier alpha value is -2.41. The molecular formula is C14H16ClN5O2. The average molecular weight is 322 g/mol. The van der Waals surface area contributed by atoms with Gasteiger partial charge in [-0.2, -0.15) is 4.68 Å². The third-order valence-electron chi connectivity index (χ3n) is 2.60. The van der Waals surface area contributed by atoms with Gasteiger partial charge in [-0.05, 0) is 31.2 Å². The number of ether oxygens (including phenoxy) is 1. The topological polar surface area (TPSA) is 72.6 Å². The number of halogens is 1. The van der Waals surface area contributed by atoms with Crippen molar-refractivity contribution in [3.63, 3.8) is 0 Å². The Kier molecular flexibility index (Phi) is 5.11. The fraction of sp³-hybridized carbons (Fsp3) is 0.286. The van der Waals surface area contributed by atoms with Crippen molar-refractivity contribution in [3.05, 3.63) is 35.0 Å². The number of hydrogen-bond acceptors (Lipinski definition) is 5. The van der Waals surface area contributed by atoms with Gasteiger partial charge in [-0.15, -0.1) is 5.10 Å². The Bertz CT molecular complexity index is 679. The first-order chi connectivity index (χ1) is 10.5. The molecule has 1 aromatic carbocycles. The summed E-state index contributed by atoms with van der Waals surface area (Å²) in [5.41, 5.74) is 0.758. The summed E-state index contributed by atoms with van der Waals surface area (Å²) in [4.78, 5) is 18.0. The van der Waals surface area contributed by atoms with Crippen LogP contribution < -0.4 is 0 Å². The summed E-state index contributed by atoms with van der Waals surface area (Å²) >= 11 is 5.88. The lowest BCUT2D eigenvalue weighted by molar-refractivity contribution is 0.0520. The molecule has 0 spiro atoms. The second kappa shape index (κ2) is 7.04. The molecule has 0 unspecified atom stereocenters. The summed E-state index contributed by atoms with van der Waals surface area (Å²) in [6.45, 7) is 1.98. The minimum absolute atomic E-state index is 0.0647. The van der Waals surface area contributed by atoms with E-state index in [4.69, 9.17) is 16.3 Å². The Morgan fingerprint density at radius 1 is 1.41 bits per heavy atom. The molecule has 0 amide bonds. The van der Waals surface area contributed by atoms with Crippen molar-refractivity contribution in [2.45, 2.75) is 6.92 Å². The minimum atomic E-state index is -0.561. The summed E-state index contributed by atoms with van der Waals surface area (Å²) in [5.74, 6) is -0.261. The molecule has 8 heteroatoms. The summed E-state index contributed by atoms with van der Waals surface area (Å²) < 4.78 is 6.44. The number of carbonyl (C=O) groups is 1. The lowest BCUT2D eigenvalue weighted by atomic mass is 10.3. The van der Waals surface area contributed by atoms with Crippen LogP contribution in [-0.2, 0) is 4.74 Å². The van der Waals surface area contributed by atoms with Crippen LogP contribution in [0.3, 0.4) is 0 Å². The molecule has 0 saturated carbocycles. The first-order valence-electron chi connectivity index (χ1n) is 6.62. The van der Waals surface area contributed by atoms with Crippen LogP contribution in [0.15, 0.2) is 29.3 Å². The molecule has 0 saturated heterocycles. The van der Waals surface area contributed by atoms with Gasteiger partial charge in [-0.3, -0.25) is 0 Å². The van der Waals surface area contributed by atoms with E-state index in [1.54, 1.807) is 42.4 Å². The smallest absolute Gasteiger partial charge is 0.362 e. The predicted octanol–water partition coefficient (Wildman–Crippen LogP) is 2.32.